The highest BCUT2D eigenvalue weighted by molar-refractivity contribution is 8.13. The van der Waals surface area contributed by atoms with Crippen molar-refractivity contribution in [3.63, 3.8) is 0 Å². The standard InChI is InChI=1S/C13H13N3O2S2/c14-15-12(17)11-9(7-16-5-6-19-13(16)18)8-3-1-2-4-10(8)20-11/h1-4H,5-7,14H2,(H,15,17). The summed E-state index contributed by atoms with van der Waals surface area (Å²) >= 11 is 2.72. The number of thiophene rings is 1. The molecule has 0 spiro atoms. The maximum Gasteiger partial charge on any atom is 0.282 e. The molecule has 20 heavy (non-hydrogen) atoms. The van der Waals surface area contributed by atoms with E-state index >= 15 is 0 Å². The van der Waals surface area contributed by atoms with Crippen LogP contribution in [0.1, 0.15) is 15.2 Å². The number of carbonyl (C=O) groups excluding carboxylic acids is 2. The zero-order chi connectivity index (χ0) is 14.1. The molecule has 3 rings (SSSR count). The average molecular weight is 307 g/mol. The molecule has 2 amide bonds. The Kier molecular flexibility index (Phi) is 3.64. The topological polar surface area (TPSA) is 75.4 Å². The first-order chi connectivity index (χ1) is 9.70. The van der Waals surface area contributed by atoms with Crippen LogP contribution >= 0.6 is 23.1 Å². The zero-order valence-corrected chi connectivity index (χ0v) is 12.2. The van der Waals surface area contributed by atoms with Crippen LogP contribution < -0.4 is 11.3 Å². The van der Waals surface area contributed by atoms with E-state index in [9.17, 15) is 9.59 Å². The molecule has 104 valence electrons. The van der Waals surface area contributed by atoms with Crippen molar-refractivity contribution in [3.05, 3.63) is 34.7 Å². The molecular formula is C13H13N3O2S2. The third kappa shape index (κ3) is 2.28. The molecule has 0 bridgehead atoms. The fraction of sp³-hybridized carbons (Fsp3) is 0.231. The van der Waals surface area contributed by atoms with Gasteiger partial charge in [0.15, 0.2) is 0 Å². The van der Waals surface area contributed by atoms with Crippen LogP contribution in [0.5, 0.6) is 0 Å². The number of fused-ring (bicyclic) bond motifs is 1. The number of rotatable bonds is 3. The van der Waals surface area contributed by atoms with E-state index < -0.39 is 0 Å². The number of hydrazine groups is 1. The monoisotopic (exact) mass is 307 g/mol. The zero-order valence-electron chi connectivity index (χ0n) is 10.6. The van der Waals surface area contributed by atoms with Gasteiger partial charge in [-0.2, -0.15) is 0 Å². The molecule has 0 saturated carbocycles. The van der Waals surface area contributed by atoms with Gasteiger partial charge in [-0.3, -0.25) is 15.0 Å². The van der Waals surface area contributed by atoms with E-state index in [0.29, 0.717) is 11.4 Å². The van der Waals surface area contributed by atoms with Crippen molar-refractivity contribution in [2.45, 2.75) is 6.54 Å². The minimum atomic E-state index is -0.305. The lowest BCUT2D eigenvalue weighted by molar-refractivity contribution is 0.0956. The predicted molar refractivity (Wildman–Crippen MR) is 81.7 cm³/mol. The number of nitrogens with zero attached hydrogens (tertiary/aromatic N) is 1. The number of hydrogen-bond donors (Lipinski definition) is 2. The molecule has 0 radical (unpaired) electrons. The highest BCUT2D eigenvalue weighted by Crippen LogP contribution is 2.33. The van der Waals surface area contributed by atoms with Gasteiger partial charge in [0.25, 0.3) is 11.1 Å². The molecule has 5 nitrogen and oxygen atoms in total. The van der Waals surface area contributed by atoms with Crippen LogP contribution in [0.15, 0.2) is 24.3 Å². The molecule has 1 saturated heterocycles. The molecule has 0 atom stereocenters. The van der Waals surface area contributed by atoms with Crippen molar-refractivity contribution in [1.82, 2.24) is 10.3 Å². The second-order valence-electron chi connectivity index (χ2n) is 4.42. The summed E-state index contributed by atoms with van der Waals surface area (Å²) in [5.74, 6) is 5.75. The fourth-order valence-corrected chi connectivity index (χ4v) is 4.21. The number of thioether (sulfide) groups is 1. The third-order valence-electron chi connectivity index (χ3n) is 3.23. The molecule has 1 aliphatic heterocycles. The Bertz CT molecular complexity index is 683. The van der Waals surface area contributed by atoms with E-state index in [0.717, 1.165) is 27.9 Å². The van der Waals surface area contributed by atoms with Crippen LogP contribution in [0, 0.1) is 0 Å². The minimum absolute atomic E-state index is 0.0689. The van der Waals surface area contributed by atoms with Gasteiger partial charge in [-0.15, -0.1) is 11.3 Å². The summed E-state index contributed by atoms with van der Waals surface area (Å²) in [5, 5.41) is 1.08. The highest BCUT2D eigenvalue weighted by Gasteiger charge is 2.25. The Hall–Kier alpha value is -1.57. The summed E-state index contributed by atoms with van der Waals surface area (Å²) in [6, 6.07) is 7.81. The summed E-state index contributed by atoms with van der Waals surface area (Å²) in [7, 11) is 0. The lowest BCUT2D eigenvalue weighted by atomic mass is 10.1. The van der Waals surface area contributed by atoms with Gasteiger partial charge in [-0.05, 0) is 11.5 Å². The number of amides is 2. The first kappa shape index (κ1) is 13.4. The van der Waals surface area contributed by atoms with Gasteiger partial charge in [-0.25, -0.2) is 5.84 Å². The van der Waals surface area contributed by atoms with Crippen LogP contribution in [0.3, 0.4) is 0 Å². The molecule has 2 heterocycles. The van der Waals surface area contributed by atoms with Crippen molar-refractivity contribution in [3.8, 4) is 0 Å². The van der Waals surface area contributed by atoms with Crippen molar-refractivity contribution in [1.29, 1.82) is 0 Å². The normalized spacial score (nSPS) is 15.1. The first-order valence-corrected chi connectivity index (χ1v) is 7.94. The second kappa shape index (κ2) is 5.43. The van der Waals surface area contributed by atoms with Crippen molar-refractivity contribution >= 4 is 44.3 Å². The van der Waals surface area contributed by atoms with Gasteiger partial charge in [0.05, 0.1) is 4.88 Å². The number of benzene rings is 1. The molecule has 7 heteroatoms. The Morgan fingerprint density at radius 1 is 1.40 bits per heavy atom. The molecular weight excluding hydrogens is 294 g/mol. The van der Waals surface area contributed by atoms with E-state index in [1.807, 2.05) is 24.3 Å². The van der Waals surface area contributed by atoms with Gasteiger partial charge < -0.3 is 4.90 Å². The molecule has 3 N–H and O–H groups in total. The van der Waals surface area contributed by atoms with Gasteiger partial charge in [0, 0.05) is 29.1 Å². The van der Waals surface area contributed by atoms with Crippen molar-refractivity contribution in [2.75, 3.05) is 12.3 Å². The van der Waals surface area contributed by atoms with Crippen molar-refractivity contribution < 1.29 is 9.59 Å². The summed E-state index contributed by atoms with van der Waals surface area (Å²) in [4.78, 5) is 26.0. The summed E-state index contributed by atoms with van der Waals surface area (Å²) in [6.07, 6.45) is 0. The van der Waals surface area contributed by atoms with E-state index in [1.165, 1.54) is 23.1 Å². The number of nitrogens with two attached hydrogens (primary N) is 1. The third-order valence-corrected chi connectivity index (χ3v) is 5.33. The smallest absolute Gasteiger partial charge is 0.282 e. The fourth-order valence-electron chi connectivity index (χ4n) is 2.26. The molecule has 0 aliphatic carbocycles. The Morgan fingerprint density at radius 3 is 2.90 bits per heavy atom. The summed E-state index contributed by atoms with van der Waals surface area (Å²) in [5.41, 5.74) is 3.06. The van der Waals surface area contributed by atoms with E-state index in [4.69, 9.17) is 5.84 Å². The quantitative estimate of drug-likeness (QED) is 0.518. The summed E-state index contributed by atoms with van der Waals surface area (Å²) in [6.45, 7) is 1.18. The molecule has 2 aromatic rings. The van der Waals surface area contributed by atoms with Crippen LogP contribution in [-0.4, -0.2) is 28.3 Å². The molecule has 0 unspecified atom stereocenters. The van der Waals surface area contributed by atoms with Crippen LogP contribution in [-0.2, 0) is 6.54 Å². The SMILES string of the molecule is NNC(=O)c1sc2ccccc2c1CN1CCSC1=O. The van der Waals surface area contributed by atoms with E-state index in [1.54, 1.807) is 4.90 Å². The van der Waals surface area contributed by atoms with E-state index in [2.05, 4.69) is 5.43 Å². The predicted octanol–water partition coefficient (Wildman–Crippen LogP) is 2.17. The highest BCUT2D eigenvalue weighted by atomic mass is 32.2. The Balaban J connectivity index is 2.06. The van der Waals surface area contributed by atoms with Crippen LogP contribution in [0.4, 0.5) is 4.79 Å². The molecule has 1 fully saturated rings. The van der Waals surface area contributed by atoms with Crippen molar-refractivity contribution in [2.24, 2.45) is 5.84 Å². The maximum absolute atomic E-state index is 11.9. The van der Waals surface area contributed by atoms with Gasteiger partial charge in [0.1, 0.15) is 0 Å². The number of carbonyl (C=O) groups is 2. The summed E-state index contributed by atoms with van der Waals surface area (Å²) < 4.78 is 1.03. The Labute approximate surface area is 124 Å². The van der Waals surface area contributed by atoms with E-state index in [-0.39, 0.29) is 11.1 Å². The van der Waals surface area contributed by atoms with Gasteiger partial charge >= 0.3 is 0 Å². The van der Waals surface area contributed by atoms with Crippen LogP contribution in [0.25, 0.3) is 10.1 Å². The maximum atomic E-state index is 11.9. The first-order valence-electron chi connectivity index (χ1n) is 6.13. The largest absolute Gasteiger partial charge is 0.328 e. The number of nitrogens with one attached hydrogen (secondary N) is 1. The average Bonchev–Trinajstić information content (AvgIpc) is 3.03. The molecule has 1 aromatic heterocycles. The van der Waals surface area contributed by atoms with Crippen LogP contribution in [0.2, 0.25) is 0 Å². The number of hydrogen-bond acceptors (Lipinski definition) is 5. The Morgan fingerprint density at radius 2 is 2.20 bits per heavy atom. The van der Waals surface area contributed by atoms with Gasteiger partial charge in [-0.1, -0.05) is 30.0 Å². The van der Waals surface area contributed by atoms with Gasteiger partial charge in [0.2, 0.25) is 0 Å². The number of nitrogen functional groups attached to an aromatic ring is 1. The molecule has 1 aromatic carbocycles. The molecule has 1 aliphatic rings. The second-order valence-corrected chi connectivity index (χ2v) is 6.51. The lowest BCUT2D eigenvalue weighted by Crippen LogP contribution is -2.31. The lowest BCUT2D eigenvalue weighted by Gasteiger charge is -2.15. The minimum Gasteiger partial charge on any atom is -0.328 e.